The number of anilines is 1. The van der Waals surface area contributed by atoms with E-state index >= 15 is 0 Å². The van der Waals surface area contributed by atoms with Crippen molar-refractivity contribution in [1.29, 1.82) is 0 Å². The molecule has 0 spiro atoms. The highest BCUT2D eigenvalue weighted by Crippen LogP contribution is 2.59. The Kier molecular flexibility index (Phi) is 4.14. The number of Topliss-reactive ketones (excluding diaryl/α,β-unsaturated/α-hetero) is 1. The molecule has 8 heteroatoms. The predicted octanol–water partition coefficient (Wildman–Crippen LogP) is 2.94. The number of ketones is 1. The van der Waals surface area contributed by atoms with Gasteiger partial charge in [0.05, 0.1) is 5.56 Å². The molecule has 34 heavy (non-hydrogen) atoms. The van der Waals surface area contributed by atoms with E-state index in [1.807, 2.05) is 12.1 Å². The van der Waals surface area contributed by atoms with Gasteiger partial charge in [-0.2, -0.15) is 0 Å². The third-order valence-corrected chi connectivity index (χ3v) is 7.33. The largest absolute Gasteiger partial charge is 0.493 e. The minimum atomic E-state index is -2.20. The van der Waals surface area contributed by atoms with Crippen LogP contribution >= 0.6 is 0 Å². The first-order chi connectivity index (χ1) is 16.3. The van der Waals surface area contributed by atoms with Gasteiger partial charge >= 0.3 is 0 Å². The van der Waals surface area contributed by atoms with E-state index in [1.54, 1.807) is 24.3 Å². The summed E-state index contributed by atoms with van der Waals surface area (Å²) in [5.41, 5.74) is 5.91. The minimum Gasteiger partial charge on any atom is -0.493 e. The molecular weight excluding hydrogens is 434 g/mol. The quantitative estimate of drug-likeness (QED) is 0.443. The summed E-state index contributed by atoms with van der Waals surface area (Å²) >= 11 is 0. The third-order valence-electron chi connectivity index (χ3n) is 7.33. The first-order valence-electron chi connectivity index (χ1n) is 11.2. The van der Waals surface area contributed by atoms with Crippen molar-refractivity contribution >= 4 is 17.4 Å². The summed E-state index contributed by atoms with van der Waals surface area (Å²) < 4.78 is 6.12. The molecule has 1 amide bonds. The molecule has 1 saturated carbocycles. The number of benzene rings is 2. The molecule has 1 unspecified atom stereocenters. The van der Waals surface area contributed by atoms with Gasteiger partial charge in [-0.3, -0.25) is 9.59 Å². The van der Waals surface area contributed by atoms with Crippen LogP contribution in [0, 0.1) is 5.92 Å². The van der Waals surface area contributed by atoms with Crippen molar-refractivity contribution in [3.8, 4) is 11.6 Å². The zero-order valence-corrected chi connectivity index (χ0v) is 18.4. The summed E-state index contributed by atoms with van der Waals surface area (Å²) in [6, 6.07) is 14.5. The van der Waals surface area contributed by atoms with Gasteiger partial charge in [0.2, 0.25) is 17.2 Å². The Morgan fingerprint density at radius 2 is 1.94 bits per heavy atom. The van der Waals surface area contributed by atoms with Crippen molar-refractivity contribution in [2.24, 2.45) is 5.92 Å². The Morgan fingerprint density at radius 3 is 2.68 bits per heavy atom. The predicted molar refractivity (Wildman–Crippen MR) is 122 cm³/mol. The second-order valence-electron chi connectivity index (χ2n) is 9.31. The summed E-state index contributed by atoms with van der Waals surface area (Å²) in [5, 5.41) is 24.4. The summed E-state index contributed by atoms with van der Waals surface area (Å²) in [7, 11) is 0. The molecule has 6 rings (SSSR count). The van der Waals surface area contributed by atoms with Crippen molar-refractivity contribution in [3.63, 3.8) is 0 Å². The smallest absolute Gasteiger partial charge is 0.271 e. The topological polar surface area (TPSA) is 135 Å². The zero-order valence-electron chi connectivity index (χ0n) is 18.4. The van der Waals surface area contributed by atoms with Crippen LogP contribution in [0.2, 0.25) is 0 Å². The second-order valence-corrected chi connectivity index (χ2v) is 9.31. The monoisotopic (exact) mass is 457 g/mol. The van der Waals surface area contributed by atoms with Crippen LogP contribution in [0.3, 0.4) is 0 Å². The Hall–Kier alpha value is -3.91. The molecule has 2 aromatic carbocycles. The van der Waals surface area contributed by atoms with Crippen molar-refractivity contribution in [2.75, 3.05) is 5.73 Å². The Labute approximate surface area is 195 Å². The van der Waals surface area contributed by atoms with Gasteiger partial charge in [-0.25, -0.2) is 4.98 Å². The molecule has 0 radical (unpaired) electrons. The molecule has 172 valence electrons. The third kappa shape index (κ3) is 2.60. The molecule has 2 heterocycles. The second kappa shape index (κ2) is 6.80. The number of nitrogens with one attached hydrogen (secondary N) is 1. The molecule has 1 aromatic heterocycles. The van der Waals surface area contributed by atoms with Gasteiger partial charge in [-0.1, -0.05) is 37.3 Å². The number of fused-ring (bicyclic) bond motifs is 5. The van der Waals surface area contributed by atoms with Crippen molar-refractivity contribution < 1.29 is 24.5 Å². The highest BCUT2D eigenvalue weighted by Gasteiger charge is 2.72. The van der Waals surface area contributed by atoms with E-state index in [0.29, 0.717) is 23.1 Å². The molecule has 3 aliphatic rings. The van der Waals surface area contributed by atoms with Gasteiger partial charge in [-0.05, 0) is 48.4 Å². The van der Waals surface area contributed by atoms with E-state index in [1.165, 1.54) is 31.0 Å². The number of aliphatic hydroxyl groups is 1. The van der Waals surface area contributed by atoms with E-state index in [4.69, 9.17) is 10.5 Å². The number of nitrogens with two attached hydrogens (primary N) is 1. The maximum atomic E-state index is 14.0. The number of amides is 1. The normalized spacial score (nSPS) is 25.2. The number of nitrogens with zero attached hydrogens (tertiary/aromatic N) is 1. The molecule has 2 aliphatic carbocycles. The minimum absolute atomic E-state index is 0.107. The molecule has 8 nitrogen and oxygen atoms in total. The Balaban J connectivity index is 1.53. The van der Waals surface area contributed by atoms with Crippen LogP contribution in [0.1, 0.15) is 63.2 Å². The maximum absolute atomic E-state index is 14.0. The SMILES string of the molecule is CC(c1ccc2c(c1)O[C@]1(O)c3cccc(N)c3C(=O)[C@]21NC(=O)c1cccc(O)n1)C1CC1. The number of aromatic hydroxyl groups is 1. The molecule has 0 bridgehead atoms. The average Bonchev–Trinajstić information content (AvgIpc) is 3.60. The van der Waals surface area contributed by atoms with Crippen LogP contribution in [0.5, 0.6) is 11.6 Å². The summed E-state index contributed by atoms with van der Waals surface area (Å²) in [6.07, 6.45) is 2.34. The number of rotatable bonds is 4. The van der Waals surface area contributed by atoms with Gasteiger partial charge in [0.25, 0.3) is 11.7 Å². The van der Waals surface area contributed by atoms with Crippen LogP contribution in [0.25, 0.3) is 0 Å². The van der Waals surface area contributed by atoms with Gasteiger partial charge in [-0.15, -0.1) is 0 Å². The van der Waals surface area contributed by atoms with Crippen LogP contribution in [0.15, 0.2) is 54.6 Å². The molecular formula is C26H23N3O5. The fourth-order valence-corrected chi connectivity index (χ4v) is 5.32. The van der Waals surface area contributed by atoms with Gasteiger partial charge in [0.1, 0.15) is 11.4 Å². The molecule has 1 aliphatic heterocycles. The van der Waals surface area contributed by atoms with E-state index < -0.39 is 23.0 Å². The van der Waals surface area contributed by atoms with Crippen LogP contribution in [0.4, 0.5) is 5.69 Å². The number of ether oxygens (including phenoxy) is 1. The van der Waals surface area contributed by atoms with Crippen molar-refractivity contribution in [3.05, 3.63) is 82.5 Å². The Bertz CT molecular complexity index is 1380. The Morgan fingerprint density at radius 1 is 1.18 bits per heavy atom. The number of nitrogen functional groups attached to an aromatic ring is 1. The first-order valence-corrected chi connectivity index (χ1v) is 11.2. The number of aromatic nitrogens is 1. The number of hydrogen-bond acceptors (Lipinski definition) is 7. The zero-order chi connectivity index (χ0) is 23.8. The van der Waals surface area contributed by atoms with E-state index in [-0.39, 0.29) is 28.4 Å². The number of carbonyl (C=O) groups is 2. The molecule has 3 atom stereocenters. The van der Waals surface area contributed by atoms with E-state index in [9.17, 15) is 19.8 Å². The van der Waals surface area contributed by atoms with E-state index in [0.717, 1.165) is 5.56 Å². The molecule has 0 saturated heterocycles. The van der Waals surface area contributed by atoms with Gasteiger partial charge < -0.3 is 26.0 Å². The van der Waals surface area contributed by atoms with Gasteiger partial charge in [0.15, 0.2) is 0 Å². The fourth-order valence-electron chi connectivity index (χ4n) is 5.32. The van der Waals surface area contributed by atoms with Crippen molar-refractivity contribution in [2.45, 2.75) is 37.0 Å². The molecule has 3 aromatic rings. The highest BCUT2D eigenvalue weighted by molar-refractivity contribution is 6.15. The van der Waals surface area contributed by atoms with Gasteiger partial charge in [0, 0.05) is 22.9 Å². The summed E-state index contributed by atoms with van der Waals surface area (Å²) in [6.45, 7) is 2.15. The maximum Gasteiger partial charge on any atom is 0.271 e. The standard InChI is InChI=1S/C26H23N3O5/c1-13(14-8-9-14)15-10-11-16-20(12-15)34-26(33)17-4-2-5-18(27)22(17)23(31)25(16,26)29-24(32)19-6-3-7-21(30)28-19/h2-7,10-14,33H,8-9,27H2,1H3,(H,28,30)(H,29,32)/t13?,25-,26-/m1/s1. The lowest BCUT2D eigenvalue weighted by atomic mass is 9.81. The lowest BCUT2D eigenvalue weighted by molar-refractivity contribution is -0.169. The lowest BCUT2D eigenvalue weighted by Gasteiger charge is -2.34. The van der Waals surface area contributed by atoms with E-state index in [2.05, 4.69) is 17.2 Å². The summed E-state index contributed by atoms with van der Waals surface area (Å²) in [4.78, 5) is 31.1. The lowest BCUT2D eigenvalue weighted by Crippen LogP contribution is -2.60. The van der Waals surface area contributed by atoms with Crippen LogP contribution < -0.4 is 15.8 Å². The first kappa shape index (κ1) is 20.7. The molecule has 1 fully saturated rings. The highest BCUT2D eigenvalue weighted by atomic mass is 16.6. The van der Waals surface area contributed by atoms with Crippen LogP contribution in [-0.4, -0.2) is 26.9 Å². The summed E-state index contributed by atoms with van der Waals surface area (Å²) in [5.74, 6) is -2.62. The number of pyridine rings is 1. The molecule has 5 N–H and O–H groups in total. The fraction of sp³-hybridized carbons (Fsp3) is 0.269. The number of hydrogen-bond donors (Lipinski definition) is 4. The van der Waals surface area contributed by atoms with Crippen LogP contribution in [-0.2, 0) is 11.3 Å². The van der Waals surface area contributed by atoms with Crippen molar-refractivity contribution in [1.82, 2.24) is 10.3 Å². The number of carbonyl (C=O) groups excluding carboxylic acids is 2. The average molecular weight is 457 g/mol.